The SMILES string of the molecule is CCCCCOc1ccc(-c2ccc(CCC(CC)C[C@@](F)(C(=O)O)C3CCCCC3)cc2)cc1Cl. The number of hydrogen-bond acceptors (Lipinski definition) is 2. The summed E-state index contributed by atoms with van der Waals surface area (Å²) in [6, 6.07) is 14.3. The highest BCUT2D eigenvalue weighted by molar-refractivity contribution is 6.32. The molecule has 0 heterocycles. The van der Waals surface area contributed by atoms with Crippen molar-refractivity contribution in [3.8, 4) is 16.9 Å². The minimum Gasteiger partial charge on any atom is -0.492 e. The first kappa shape index (κ1) is 28.5. The number of carboxylic acid groups (broad SMARTS) is 1. The highest BCUT2D eigenvalue weighted by Gasteiger charge is 2.47. The van der Waals surface area contributed by atoms with E-state index in [1.165, 1.54) is 5.56 Å². The average Bonchev–Trinajstić information content (AvgIpc) is 2.90. The number of unbranched alkanes of at least 4 members (excludes halogenated alkanes) is 2. The Hall–Kier alpha value is -2.07. The number of ether oxygens (including phenoxy) is 1. The van der Waals surface area contributed by atoms with E-state index in [1.54, 1.807) is 0 Å². The number of halogens is 2. The zero-order valence-electron chi connectivity index (χ0n) is 21.9. The Morgan fingerprint density at radius 3 is 2.39 bits per heavy atom. The Morgan fingerprint density at radius 2 is 1.78 bits per heavy atom. The number of carboxylic acids is 1. The Morgan fingerprint density at radius 1 is 1.08 bits per heavy atom. The molecule has 0 aromatic heterocycles. The van der Waals surface area contributed by atoms with Crippen LogP contribution in [0, 0.1) is 11.8 Å². The van der Waals surface area contributed by atoms with Crippen LogP contribution in [0.25, 0.3) is 11.1 Å². The molecular formula is C31H42ClFO3. The Bertz CT molecular complexity index is 955. The van der Waals surface area contributed by atoms with E-state index in [0.29, 0.717) is 24.5 Å². The molecule has 0 radical (unpaired) electrons. The molecule has 1 saturated carbocycles. The smallest absolute Gasteiger partial charge is 0.341 e. The van der Waals surface area contributed by atoms with Gasteiger partial charge in [-0.2, -0.15) is 0 Å². The van der Waals surface area contributed by atoms with Gasteiger partial charge in [0.05, 0.1) is 11.6 Å². The Kier molecular flexibility index (Phi) is 11.1. The number of hydrogen-bond donors (Lipinski definition) is 1. The molecule has 1 unspecified atom stereocenters. The van der Waals surface area contributed by atoms with Crippen LogP contribution in [0.4, 0.5) is 4.39 Å². The molecule has 0 amide bonds. The Balaban J connectivity index is 1.58. The molecule has 1 fully saturated rings. The second-order valence-electron chi connectivity index (χ2n) is 10.4. The topological polar surface area (TPSA) is 46.5 Å². The van der Waals surface area contributed by atoms with Gasteiger partial charge >= 0.3 is 5.97 Å². The number of aryl methyl sites for hydroxylation is 1. The predicted molar refractivity (Wildman–Crippen MR) is 147 cm³/mol. The lowest BCUT2D eigenvalue weighted by Gasteiger charge is -2.35. The van der Waals surface area contributed by atoms with E-state index in [-0.39, 0.29) is 18.3 Å². The summed E-state index contributed by atoms with van der Waals surface area (Å²) in [7, 11) is 0. The standard InChI is InChI=1S/C31H42ClFO3/c1-3-5-9-20-36-29-19-18-26(21-28(29)32)25-16-14-24(15-17-25)13-12-23(4-2)22-31(33,30(34)35)27-10-7-6-8-11-27/h14-19,21,23,27H,3-13,20,22H2,1-2H3,(H,34,35)/t23?,31-/m0/s1. The quantitative estimate of drug-likeness (QED) is 0.254. The lowest BCUT2D eigenvalue weighted by Crippen LogP contribution is -2.44. The van der Waals surface area contributed by atoms with E-state index in [4.69, 9.17) is 16.3 Å². The second-order valence-corrected chi connectivity index (χ2v) is 10.8. The van der Waals surface area contributed by atoms with Gasteiger partial charge in [-0.1, -0.05) is 94.3 Å². The van der Waals surface area contributed by atoms with Crippen molar-refractivity contribution in [1.29, 1.82) is 0 Å². The number of alkyl halides is 1. The van der Waals surface area contributed by atoms with Crippen LogP contribution in [0.3, 0.4) is 0 Å². The molecule has 198 valence electrons. The van der Waals surface area contributed by atoms with Crippen LogP contribution in [0.1, 0.15) is 90.0 Å². The van der Waals surface area contributed by atoms with E-state index in [9.17, 15) is 9.90 Å². The Labute approximate surface area is 221 Å². The van der Waals surface area contributed by atoms with Crippen molar-refractivity contribution in [3.63, 3.8) is 0 Å². The van der Waals surface area contributed by atoms with Crippen molar-refractivity contribution in [1.82, 2.24) is 0 Å². The normalized spacial score (nSPS) is 16.9. The van der Waals surface area contributed by atoms with Crippen molar-refractivity contribution >= 4 is 17.6 Å². The zero-order valence-corrected chi connectivity index (χ0v) is 22.7. The second kappa shape index (κ2) is 14.0. The molecule has 0 saturated heterocycles. The summed E-state index contributed by atoms with van der Waals surface area (Å²) in [5.74, 6) is -0.848. The molecular weight excluding hydrogens is 475 g/mol. The minimum absolute atomic E-state index is 0.0522. The van der Waals surface area contributed by atoms with Crippen molar-refractivity contribution in [2.75, 3.05) is 6.61 Å². The van der Waals surface area contributed by atoms with Gasteiger partial charge in [0.25, 0.3) is 0 Å². The predicted octanol–water partition coefficient (Wildman–Crippen LogP) is 9.30. The molecule has 0 bridgehead atoms. The fourth-order valence-corrected chi connectivity index (χ4v) is 5.66. The zero-order chi connectivity index (χ0) is 26.0. The van der Waals surface area contributed by atoms with Gasteiger partial charge < -0.3 is 9.84 Å². The van der Waals surface area contributed by atoms with E-state index in [0.717, 1.165) is 74.7 Å². The van der Waals surface area contributed by atoms with Crippen molar-refractivity contribution in [3.05, 3.63) is 53.1 Å². The molecule has 0 spiro atoms. The third-order valence-electron chi connectivity index (χ3n) is 7.84. The van der Waals surface area contributed by atoms with Crippen LogP contribution < -0.4 is 4.74 Å². The highest BCUT2D eigenvalue weighted by Crippen LogP contribution is 2.41. The molecule has 2 aromatic carbocycles. The first-order chi connectivity index (χ1) is 17.4. The summed E-state index contributed by atoms with van der Waals surface area (Å²) in [5, 5.41) is 10.4. The molecule has 2 aromatic rings. The molecule has 3 rings (SSSR count). The molecule has 1 aliphatic rings. The van der Waals surface area contributed by atoms with Crippen LogP contribution in [0.15, 0.2) is 42.5 Å². The number of aliphatic carboxylic acids is 1. The minimum atomic E-state index is -2.10. The first-order valence-corrected chi connectivity index (χ1v) is 14.2. The molecule has 3 nitrogen and oxygen atoms in total. The molecule has 36 heavy (non-hydrogen) atoms. The number of carbonyl (C=O) groups is 1. The molecule has 0 aliphatic heterocycles. The summed E-state index contributed by atoms with van der Waals surface area (Å²) in [5.41, 5.74) is 1.19. The lowest BCUT2D eigenvalue weighted by molar-refractivity contribution is -0.158. The maximum atomic E-state index is 15.7. The molecule has 1 aliphatic carbocycles. The van der Waals surface area contributed by atoms with Crippen molar-refractivity contribution in [2.24, 2.45) is 11.8 Å². The third kappa shape index (κ3) is 7.71. The van der Waals surface area contributed by atoms with E-state index >= 15 is 4.39 Å². The van der Waals surface area contributed by atoms with Crippen LogP contribution in [-0.4, -0.2) is 23.4 Å². The largest absolute Gasteiger partial charge is 0.492 e. The van der Waals surface area contributed by atoms with Gasteiger partial charge in [0.1, 0.15) is 5.75 Å². The van der Waals surface area contributed by atoms with Gasteiger partial charge in [-0.15, -0.1) is 0 Å². The van der Waals surface area contributed by atoms with Crippen molar-refractivity contribution < 1.29 is 19.0 Å². The van der Waals surface area contributed by atoms with E-state index in [2.05, 4.69) is 31.2 Å². The molecule has 2 atom stereocenters. The van der Waals surface area contributed by atoms with Gasteiger partial charge in [-0.05, 0) is 73.3 Å². The van der Waals surface area contributed by atoms with Crippen LogP contribution >= 0.6 is 11.6 Å². The fraction of sp³-hybridized carbons (Fsp3) is 0.581. The van der Waals surface area contributed by atoms with Crippen molar-refractivity contribution in [2.45, 2.75) is 96.6 Å². The van der Waals surface area contributed by atoms with E-state index < -0.39 is 11.6 Å². The lowest BCUT2D eigenvalue weighted by atomic mass is 9.73. The van der Waals surface area contributed by atoms with Gasteiger partial charge in [-0.3, -0.25) is 0 Å². The summed E-state index contributed by atoms with van der Waals surface area (Å²) in [6.07, 6.45) is 10.2. The average molecular weight is 517 g/mol. The highest BCUT2D eigenvalue weighted by atomic mass is 35.5. The maximum Gasteiger partial charge on any atom is 0.341 e. The van der Waals surface area contributed by atoms with Crippen LogP contribution in [0.2, 0.25) is 5.02 Å². The van der Waals surface area contributed by atoms with Gasteiger partial charge in [0.15, 0.2) is 0 Å². The van der Waals surface area contributed by atoms with Gasteiger partial charge in [0, 0.05) is 5.92 Å². The third-order valence-corrected chi connectivity index (χ3v) is 8.13. The number of benzene rings is 2. The summed E-state index contributed by atoms with van der Waals surface area (Å²) >= 11 is 6.46. The molecule has 5 heteroatoms. The van der Waals surface area contributed by atoms with Crippen LogP contribution in [0.5, 0.6) is 5.75 Å². The summed E-state index contributed by atoms with van der Waals surface area (Å²) < 4.78 is 21.6. The monoisotopic (exact) mass is 516 g/mol. The number of rotatable bonds is 14. The first-order valence-electron chi connectivity index (χ1n) is 13.8. The fourth-order valence-electron chi connectivity index (χ4n) is 5.43. The van der Waals surface area contributed by atoms with Crippen LogP contribution in [-0.2, 0) is 11.2 Å². The van der Waals surface area contributed by atoms with Gasteiger partial charge in [-0.25, -0.2) is 9.18 Å². The maximum absolute atomic E-state index is 15.7. The van der Waals surface area contributed by atoms with E-state index in [1.807, 2.05) is 25.1 Å². The van der Waals surface area contributed by atoms with Gasteiger partial charge in [0.2, 0.25) is 5.67 Å². The molecule has 1 N–H and O–H groups in total. The summed E-state index contributed by atoms with van der Waals surface area (Å²) in [4.78, 5) is 11.9. The summed E-state index contributed by atoms with van der Waals surface area (Å²) in [6.45, 7) is 4.88.